The third kappa shape index (κ3) is 2.35. The molecule has 2 atom stereocenters. The lowest BCUT2D eigenvalue weighted by molar-refractivity contribution is -0.145. The smallest absolute Gasteiger partial charge is 0.308 e. The van der Waals surface area contributed by atoms with Crippen LogP contribution < -0.4 is 0 Å². The lowest BCUT2D eigenvalue weighted by Gasteiger charge is -2.17. The monoisotopic (exact) mass is 146 g/mol. The highest BCUT2D eigenvalue weighted by Crippen LogP contribution is 2.11. The quantitative estimate of drug-likeness (QED) is 0.617. The minimum atomic E-state index is -0.943. The van der Waals surface area contributed by atoms with Crippen molar-refractivity contribution in [3.05, 3.63) is 0 Å². The number of carboxylic acid groups (broad SMARTS) is 1. The molecule has 0 aromatic heterocycles. The van der Waals surface area contributed by atoms with E-state index in [-0.39, 0.29) is 5.92 Å². The zero-order chi connectivity index (χ0) is 8.31. The Morgan fingerprint density at radius 2 is 1.70 bits per heavy atom. The fraction of sp³-hybridized carbons (Fsp3) is 0.857. The second-order valence-corrected chi connectivity index (χ2v) is 2.86. The molecule has 60 valence electrons. The number of carboxylic acids is 1. The molecule has 0 saturated carbocycles. The summed E-state index contributed by atoms with van der Waals surface area (Å²) in [6.07, 6.45) is -0.738. The van der Waals surface area contributed by atoms with E-state index in [1.54, 1.807) is 13.8 Å². The van der Waals surface area contributed by atoms with Crippen LogP contribution in [0, 0.1) is 11.8 Å². The topological polar surface area (TPSA) is 57.5 Å². The first-order valence-electron chi connectivity index (χ1n) is 3.37. The van der Waals surface area contributed by atoms with Gasteiger partial charge in [0.05, 0.1) is 12.0 Å². The predicted molar refractivity (Wildman–Crippen MR) is 37.6 cm³/mol. The predicted octanol–water partition coefficient (Wildman–Crippen LogP) is 0.724. The number of hydrogen-bond acceptors (Lipinski definition) is 2. The van der Waals surface area contributed by atoms with Crippen LogP contribution in [0.1, 0.15) is 20.8 Å². The highest BCUT2D eigenvalue weighted by molar-refractivity contribution is 5.70. The average molecular weight is 146 g/mol. The van der Waals surface area contributed by atoms with Gasteiger partial charge in [0, 0.05) is 0 Å². The van der Waals surface area contributed by atoms with Crippen molar-refractivity contribution in [1.82, 2.24) is 0 Å². The molecule has 10 heavy (non-hydrogen) atoms. The molecular formula is C7H14O3. The van der Waals surface area contributed by atoms with Crippen LogP contribution in [0.4, 0.5) is 0 Å². The molecule has 0 rings (SSSR count). The zero-order valence-corrected chi connectivity index (χ0v) is 6.53. The van der Waals surface area contributed by atoms with E-state index in [1.165, 1.54) is 6.92 Å². The SMILES string of the molecule is CC(C)[C@@H](O)[C@@H](C)C(=O)O. The van der Waals surface area contributed by atoms with E-state index in [0.717, 1.165) is 0 Å². The first-order chi connectivity index (χ1) is 4.46. The van der Waals surface area contributed by atoms with Gasteiger partial charge in [-0.25, -0.2) is 0 Å². The summed E-state index contributed by atoms with van der Waals surface area (Å²) in [6.45, 7) is 5.10. The Balaban J connectivity index is 3.94. The minimum Gasteiger partial charge on any atom is -0.481 e. The molecule has 0 bridgehead atoms. The molecule has 0 radical (unpaired) electrons. The van der Waals surface area contributed by atoms with E-state index in [9.17, 15) is 9.90 Å². The molecule has 0 spiro atoms. The lowest BCUT2D eigenvalue weighted by atomic mass is 9.95. The second-order valence-electron chi connectivity index (χ2n) is 2.86. The van der Waals surface area contributed by atoms with Gasteiger partial charge in [-0.3, -0.25) is 4.79 Å². The summed E-state index contributed by atoms with van der Waals surface area (Å²) in [4.78, 5) is 10.3. The van der Waals surface area contributed by atoms with Crippen molar-refractivity contribution in [2.75, 3.05) is 0 Å². The van der Waals surface area contributed by atoms with Gasteiger partial charge in [0.15, 0.2) is 0 Å². The summed E-state index contributed by atoms with van der Waals surface area (Å²) < 4.78 is 0. The Hall–Kier alpha value is -0.570. The highest BCUT2D eigenvalue weighted by atomic mass is 16.4. The Bertz CT molecular complexity index is 120. The summed E-state index contributed by atoms with van der Waals surface area (Å²) in [5.74, 6) is -1.60. The maximum absolute atomic E-state index is 10.3. The van der Waals surface area contributed by atoms with Crippen LogP contribution in [0.25, 0.3) is 0 Å². The van der Waals surface area contributed by atoms with Gasteiger partial charge in [0.1, 0.15) is 0 Å². The highest BCUT2D eigenvalue weighted by Gasteiger charge is 2.23. The first-order valence-corrected chi connectivity index (χ1v) is 3.37. The van der Waals surface area contributed by atoms with Gasteiger partial charge in [-0.05, 0) is 12.8 Å². The van der Waals surface area contributed by atoms with Crippen LogP contribution in [-0.2, 0) is 4.79 Å². The van der Waals surface area contributed by atoms with Crippen LogP contribution in [0.2, 0.25) is 0 Å². The molecule has 0 aromatic rings. The molecule has 0 saturated heterocycles. The number of carbonyl (C=O) groups is 1. The number of aliphatic hydroxyl groups is 1. The van der Waals surface area contributed by atoms with Crippen molar-refractivity contribution in [3.63, 3.8) is 0 Å². The maximum Gasteiger partial charge on any atom is 0.308 e. The molecule has 0 aromatic carbocycles. The second kappa shape index (κ2) is 3.56. The van der Waals surface area contributed by atoms with E-state index in [0.29, 0.717) is 0 Å². The summed E-state index contributed by atoms with van der Waals surface area (Å²) in [6, 6.07) is 0. The van der Waals surface area contributed by atoms with Crippen LogP contribution in [0.15, 0.2) is 0 Å². The van der Waals surface area contributed by atoms with Crippen molar-refractivity contribution in [2.45, 2.75) is 26.9 Å². The minimum absolute atomic E-state index is 0.00565. The van der Waals surface area contributed by atoms with Crippen molar-refractivity contribution in [2.24, 2.45) is 11.8 Å². The van der Waals surface area contributed by atoms with Crippen molar-refractivity contribution >= 4 is 5.97 Å². The third-order valence-electron chi connectivity index (χ3n) is 1.58. The third-order valence-corrected chi connectivity index (χ3v) is 1.58. The standard InChI is InChI=1S/C7H14O3/c1-4(2)6(8)5(3)7(9)10/h4-6,8H,1-3H3,(H,9,10)/t5-,6-/m1/s1. The molecular weight excluding hydrogens is 132 g/mol. The number of aliphatic hydroxyl groups excluding tert-OH is 1. The molecule has 0 aliphatic heterocycles. The number of hydrogen-bond donors (Lipinski definition) is 2. The van der Waals surface area contributed by atoms with Crippen LogP contribution in [0.5, 0.6) is 0 Å². The molecule has 0 heterocycles. The van der Waals surface area contributed by atoms with Gasteiger partial charge < -0.3 is 10.2 Å². The summed E-state index contributed by atoms with van der Waals surface area (Å²) >= 11 is 0. The van der Waals surface area contributed by atoms with Crippen LogP contribution >= 0.6 is 0 Å². The molecule has 0 fully saturated rings. The van der Waals surface area contributed by atoms with Crippen LogP contribution in [-0.4, -0.2) is 22.3 Å². The molecule has 3 nitrogen and oxygen atoms in total. The van der Waals surface area contributed by atoms with Crippen LogP contribution in [0.3, 0.4) is 0 Å². The molecule has 0 aliphatic carbocycles. The Morgan fingerprint density at radius 1 is 1.30 bits per heavy atom. The lowest BCUT2D eigenvalue weighted by Crippen LogP contribution is -2.29. The Labute approximate surface area is 60.7 Å². The largest absolute Gasteiger partial charge is 0.481 e. The van der Waals surface area contributed by atoms with E-state index in [2.05, 4.69) is 0 Å². The summed E-state index contributed by atoms with van der Waals surface area (Å²) in [5.41, 5.74) is 0. The van der Waals surface area contributed by atoms with Gasteiger partial charge in [-0.15, -0.1) is 0 Å². The summed E-state index contributed by atoms with van der Waals surface area (Å²) in [5, 5.41) is 17.6. The normalized spacial score (nSPS) is 16.9. The molecule has 0 aliphatic rings. The average Bonchev–Trinajstić information content (AvgIpc) is 1.84. The fourth-order valence-corrected chi connectivity index (χ4v) is 0.723. The molecule has 3 heteroatoms. The van der Waals surface area contributed by atoms with Crippen molar-refractivity contribution in [3.8, 4) is 0 Å². The van der Waals surface area contributed by atoms with Crippen molar-refractivity contribution < 1.29 is 15.0 Å². The Morgan fingerprint density at radius 3 is 1.80 bits per heavy atom. The zero-order valence-electron chi connectivity index (χ0n) is 6.53. The van der Waals surface area contributed by atoms with Gasteiger partial charge in [-0.2, -0.15) is 0 Å². The Kier molecular flexibility index (Phi) is 3.36. The number of aliphatic carboxylic acids is 1. The molecule has 0 amide bonds. The number of rotatable bonds is 3. The maximum atomic E-state index is 10.3. The molecule has 0 unspecified atom stereocenters. The van der Waals surface area contributed by atoms with E-state index in [4.69, 9.17) is 5.11 Å². The first kappa shape index (κ1) is 9.43. The van der Waals surface area contributed by atoms with Gasteiger partial charge in [0.25, 0.3) is 0 Å². The van der Waals surface area contributed by atoms with E-state index in [1.807, 2.05) is 0 Å². The van der Waals surface area contributed by atoms with Gasteiger partial charge in [0.2, 0.25) is 0 Å². The van der Waals surface area contributed by atoms with E-state index < -0.39 is 18.0 Å². The van der Waals surface area contributed by atoms with Gasteiger partial charge >= 0.3 is 5.97 Å². The molecule has 2 N–H and O–H groups in total. The summed E-state index contributed by atoms with van der Waals surface area (Å²) in [7, 11) is 0. The van der Waals surface area contributed by atoms with Crippen molar-refractivity contribution in [1.29, 1.82) is 0 Å². The van der Waals surface area contributed by atoms with E-state index >= 15 is 0 Å². The van der Waals surface area contributed by atoms with Gasteiger partial charge in [-0.1, -0.05) is 13.8 Å². The fourth-order valence-electron chi connectivity index (χ4n) is 0.723.